The maximum Gasteiger partial charge on any atom is 0.227 e. The zero-order valence-corrected chi connectivity index (χ0v) is 15.1. The maximum atomic E-state index is 12.8. The average Bonchev–Trinajstić information content (AvgIpc) is 3.16. The van der Waals surface area contributed by atoms with Crippen molar-refractivity contribution in [3.8, 4) is 0 Å². The Kier molecular flexibility index (Phi) is 4.84. The molecule has 0 saturated carbocycles. The molecule has 26 heavy (non-hydrogen) atoms. The van der Waals surface area contributed by atoms with Gasteiger partial charge >= 0.3 is 0 Å². The molecule has 2 aromatic rings. The molecule has 6 nitrogen and oxygen atoms in total. The van der Waals surface area contributed by atoms with Gasteiger partial charge in [-0.1, -0.05) is 18.2 Å². The normalized spacial score (nSPS) is 19.3. The molecule has 4 rings (SSSR count). The van der Waals surface area contributed by atoms with Crippen molar-refractivity contribution < 1.29 is 9.53 Å². The highest BCUT2D eigenvalue weighted by Gasteiger charge is 2.28. The van der Waals surface area contributed by atoms with Crippen molar-refractivity contribution in [1.82, 2.24) is 14.9 Å². The second-order valence-corrected chi connectivity index (χ2v) is 6.87. The van der Waals surface area contributed by atoms with Crippen LogP contribution < -0.4 is 5.32 Å². The minimum atomic E-state index is -0.246. The molecule has 1 unspecified atom stereocenters. The molecule has 1 aliphatic carbocycles. The number of hydrogen-bond donors (Lipinski definition) is 1. The number of nitrogens with zero attached hydrogens (tertiary/aromatic N) is 3. The minimum absolute atomic E-state index is 0.145. The molecule has 2 heterocycles. The standard InChI is InChI=1S/C20H24N4O2/c1-21-20-19(22-7-8-23-20)17-13-24(9-10-26-17)18(25)12-14-5-6-15-3-2-4-16(15)11-14/h5-8,11,17H,2-4,9-10,12-13H2,1H3,(H,21,23). The van der Waals surface area contributed by atoms with Gasteiger partial charge in [0.15, 0.2) is 0 Å². The molecule has 1 amide bonds. The molecule has 2 aliphatic rings. The number of aromatic nitrogens is 2. The van der Waals surface area contributed by atoms with Crippen molar-refractivity contribution in [2.45, 2.75) is 31.8 Å². The summed E-state index contributed by atoms with van der Waals surface area (Å²) in [5.41, 5.74) is 4.71. The number of amides is 1. The predicted molar refractivity (Wildman–Crippen MR) is 99.0 cm³/mol. The molecule has 1 aromatic carbocycles. The summed E-state index contributed by atoms with van der Waals surface area (Å²) in [6.07, 6.45) is 7.03. The van der Waals surface area contributed by atoms with Gasteiger partial charge in [-0.15, -0.1) is 0 Å². The highest BCUT2D eigenvalue weighted by atomic mass is 16.5. The first kappa shape index (κ1) is 17.0. The molecule has 1 fully saturated rings. The van der Waals surface area contributed by atoms with E-state index in [0.717, 1.165) is 17.7 Å². The zero-order valence-electron chi connectivity index (χ0n) is 15.1. The van der Waals surface area contributed by atoms with E-state index in [2.05, 4.69) is 33.5 Å². The van der Waals surface area contributed by atoms with Crippen molar-refractivity contribution in [1.29, 1.82) is 0 Å². The number of carbonyl (C=O) groups excluding carboxylic acids is 1. The van der Waals surface area contributed by atoms with Crippen LogP contribution >= 0.6 is 0 Å². The van der Waals surface area contributed by atoms with Crippen LogP contribution in [0.25, 0.3) is 0 Å². The van der Waals surface area contributed by atoms with Gasteiger partial charge in [0.1, 0.15) is 17.6 Å². The molecule has 1 N–H and O–H groups in total. The highest BCUT2D eigenvalue weighted by Crippen LogP contribution is 2.26. The Hall–Kier alpha value is -2.47. The van der Waals surface area contributed by atoms with Crippen LogP contribution in [0.5, 0.6) is 0 Å². The van der Waals surface area contributed by atoms with Crippen LogP contribution in [0.3, 0.4) is 0 Å². The van der Waals surface area contributed by atoms with Crippen LogP contribution in [0, 0.1) is 0 Å². The van der Waals surface area contributed by atoms with Gasteiger partial charge in [-0.3, -0.25) is 9.78 Å². The Labute approximate surface area is 153 Å². The van der Waals surface area contributed by atoms with Gasteiger partial charge in [0, 0.05) is 26.0 Å². The Morgan fingerprint density at radius 2 is 2.12 bits per heavy atom. The molecule has 1 aliphatic heterocycles. The second-order valence-electron chi connectivity index (χ2n) is 6.87. The number of nitrogens with one attached hydrogen (secondary N) is 1. The summed E-state index contributed by atoms with van der Waals surface area (Å²) in [6.45, 7) is 1.65. The van der Waals surface area contributed by atoms with Gasteiger partial charge in [-0.05, 0) is 36.0 Å². The summed E-state index contributed by atoms with van der Waals surface area (Å²) in [7, 11) is 1.81. The summed E-state index contributed by atoms with van der Waals surface area (Å²) in [5.74, 6) is 0.844. The van der Waals surface area contributed by atoms with E-state index in [1.54, 1.807) is 12.4 Å². The van der Waals surface area contributed by atoms with Crippen LogP contribution in [-0.2, 0) is 28.8 Å². The Morgan fingerprint density at radius 3 is 3.00 bits per heavy atom. The van der Waals surface area contributed by atoms with Crippen molar-refractivity contribution >= 4 is 11.7 Å². The Balaban J connectivity index is 1.45. The van der Waals surface area contributed by atoms with Gasteiger partial charge in [0.05, 0.1) is 19.6 Å². The molecule has 6 heteroatoms. The number of carbonyl (C=O) groups is 1. The molecular formula is C20H24N4O2. The number of fused-ring (bicyclic) bond motifs is 1. The van der Waals surface area contributed by atoms with E-state index in [4.69, 9.17) is 4.74 Å². The highest BCUT2D eigenvalue weighted by molar-refractivity contribution is 5.79. The lowest BCUT2D eigenvalue weighted by Gasteiger charge is -2.33. The molecule has 0 radical (unpaired) electrons. The lowest BCUT2D eigenvalue weighted by molar-refractivity contribution is -0.138. The third-order valence-corrected chi connectivity index (χ3v) is 5.21. The smallest absolute Gasteiger partial charge is 0.227 e. The van der Waals surface area contributed by atoms with Gasteiger partial charge < -0.3 is 15.0 Å². The van der Waals surface area contributed by atoms with Crippen LogP contribution in [0.2, 0.25) is 0 Å². The number of aryl methyl sites for hydroxylation is 2. The first-order valence-corrected chi connectivity index (χ1v) is 9.23. The number of morpholine rings is 1. The number of anilines is 1. The lowest BCUT2D eigenvalue weighted by atomic mass is 10.0. The monoisotopic (exact) mass is 352 g/mol. The van der Waals surface area contributed by atoms with E-state index in [-0.39, 0.29) is 12.0 Å². The van der Waals surface area contributed by atoms with E-state index >= 15 is 0 Å². The summed E-state index contributed by atoms with van der Waals surface area (Å²) in [6, 6.07) is 6.49. The molecule has 1 atom stereocenters. The van der Waals surface area contributed by atoms with Gasteiger partial charge in [0.25, 0.3) is 0 Å². The SMILES string of the molecule is CNc1nccnc1C1CN(C(=O)Cc2ccc3c(c2)CCC3)CCO1. The van der Waals surface area contributed by atoms with E-state index in [0.29, 0.717) is 31.9 Å². The summed E-state index contributed by atoms with van der Waals surface area (Å²) >= 11 is 0. The van der Waals surface area contributed by atoms with Gasteiger partial charge in [-0.2, -0.15) is 0 Å². The maximum absolute atomic E-state index is 12.8. The van der Waals surface area contributed by atoms with Crippen LogP contribution in [-0.4, -0.2) is 47.5 Å². The van der Waals surface area contributed by atoms with E-state index in [1.807, 2.05) is 11.9 Å². The second kappa shape index (κ2) is 7.41. The van der Waals surface area contributed by atoms with E-state index in [1.165, 1.54) is 24.0 Å². The summed E-state index contributed by atoms with van der Waals surface area (Å²) < 4.78 is 5.86. The summed E-state index contributed by atoms with van der Waals surface area (Å²) in [4.78, 5) is 23.4. The molecule has 136 valence electrons. The average molecular weight is 352 g/mol. The fourth-order valence-electron chi connectivity index (χ4n) is 3.84. The number of ether oxygens (including phenoxy) is 1. The van der Waals surface area contributed by atoms with Gasteiger partial charge in [-0.25, -0.2) is 4.98 Å². The largest absolute Gasteiger partial charge is 0.372 e. The van der Waals surface area contributed by atoms with Crippen LogP contribution in [0.1, 0.15) is 34.9 Å². The fraction of sp³-hybridized carbons (Fsp3) is 0.450. The van der Waals surface area contributed by atoms with Crippen molar-refractivity contribution in [2.75, 3.05) is 32.1 Å². The number of benzene rings is 1. The zero-order chi connectivity index (χ0) is 17.9. The first-order valence-electron chi connectivity index (χ1n) is 9.23. The molecule has 0 bridgehead atoms. The van der Waals surface area contributed by atoms with Crippen LogP contribution in [0.4, 0.5) is 5.82 Å². The third kappa shape index (κ3) is 3.42. The number of hydrogen-bond acceptors (Lipinski definition) is 5. The fourth-order valence-corrected chi connectivity index (χ4v) is 3.84. The predicted octanol–water partition coefficient (Wildman–Crippen LogP) is 2.15. The lowest BCUT2D eigenvalue weighted by Crippen LogP contribution is -2.43. The molecule has 1 aromatic heterocycles. The number of rotatable bonds is 4. The van der Waals surface area contributed by atoms with Gasteiger partial charge in [0.2, 0.25) is 5.91 Å². The van der Waals surface area contributed by atoms with Crippen molar-refractivity contribution in [2.24, 2.45) is 0 Å². The third-order valence-electron chi connectivity index (χ3n) is 5.21. The Bertz CT molecular complexity index is 808. The first-order chi connectivity index (χ1) is 12.7. The topological polar surface area (TPSA) is 67.4 Å². The molecule has 1 saturated heterocycles. The van der Waals surface area contributed by atoms with E-state index < -0.39 is 0 Å². The molecular weight excluding hydrogens is 328 g/mol. The quantitative estimate of drug-likeness (QED) is 0.913. The van der Waals surface area contributed by atoms with E-state index in [9.17, 15) is 4.79 Å². The minimum Gasteiger partial charge on any atom is -0.372 e. The Morgan fingerprint density at radius 1 is 1.27 bits per heavy atom. The van der Waals surface area contributed by atoms with Crippen molar-refractivity contribution in [3.05, 3.63) is 53.0 Å². The molecule has 0 spiro atoms. The van der Waals surface area contributed by atoms with Crippen LogP contribution in [0.15, 0.2) is 30.6 Å². The van der Waals surface area contributed by atoms with Crippen molar-refractivity contribution in [3.63, 3.8) is 0 Å². The summed E-state index contributed by atoms with van der Waals surface area (Å²) in [5, 5.41) is 3.04.